The highest BCUT2D eigenvalue weighted by molar-refractivity contribution is 6.24. The van der Waals surface area contributed by atoms with E-state index < -0.39 is 0 Å². The first-order chi connectivity index (χ1) is 25.2. The Labute approximate surface area is 299 Å². The molecule has 0 saturated heterocycles. The van der Waals surface area contributed by atoms with E-state index in [0.29, 0.717) is 11.8 Å². The molecule has 0 aromatic heterocycles. The minimum Gasteiger partial charge on any atom is -0.0651 e. The molecular formula is C51H38. The molecule has 0 N–H and O–H groups in total. The maximum Gasteiger partial charge on any atom is 0.0127 e. The fourth-order valence-electron chi connectivity index (χ4n) is 9.12. The van der Waals surface area contributed by atoms with Gasteiger partial charge in [-0.05, 0) is 123 Å². The van der Waals surface area contributed by atoms with Crippen LogP contribution in [0, 0.1) is 5.92 Å². The molecule has 0 aliphatic heterocycles. The first kappa shape index (κ1) is 29.9. The van der Waals surface area contributed by atoms with E-state index >= 15 is 0 Å². The topological polar surface area (TPSA) is 0 Å². The summed E-state index contributed by atoms with van der Waals surface area (Å²) < 4.78 is 0. The van der Waals surface area contributed by atoms with Crippen molar-refractivity contribution < 1.29 is 0 Å². The van der Waals surface area contributed by atoms with Crippen LogP contribution in [0.25, 0.3) is 87.6 Å². The second-order valence-electron chi connectivity index (χ2n) is 14.4. The van der Waals surface area contributed by atoms with Gasteiger partial charge in [0.1, 0.15) is 0 Å². The number of hydrogen-bond acceptors (Lipinski definition) is 0. The maximum atomic E-state index is 2.59. The molecule has 0 amide bonds. The Hall–Kier alpha value is -5.98. The summed E-state index contributed by atoms with van der Waals surface area (Å²) in [6.45, 7) is 4.76. The zero-order valence-corrected chi connectivity index (χ0v) is 29.0. The monoisotopic (exact) mass is 650 g/mol. The molecule has 0 radical (unpaired) electrons. The van der Waals surface area contributed by atoms with Gasteiger partial charge in [0, 0.05) is 5.92 Å². The number of rotatable bonds is 5. The zero-order chi connectivity index (χ0) is 34.1. The molecule has 0 heterocycles. The molecule has 0 nitrogen and oxygen atoms in total. The molecule has 0 saturated carbocycles. The molecule has 0 bridgehead atoms. The molecule has 9 aromatic carbocycles. The maximum absolute atomic E-state index is 2.59. The van der Waals surface area contributed by atoms with Crippen molar-refractivity contribution in [2.45, 2.75) is 26.2 Å². The van der Waals surface area contributed by atoms with Crippen LogP contribution in [0.15, 0.2) is 170 Å². The predicted molar refractivity (Wildman–Crippen MR) is 220 cm³/mol. The smallest absolute Gasteiger partial charge is 0.0127 e. The van der Waals surface area contributed by atoms with Gasteiger partial charge in [-0.25, -0.2) is 0 Å². The van der Waals surface area contributed by atoms with Crippen LogP contribution < -0.4 is 0 Å². The van der Waals surface area contributed by atoms with Gasteiger partial charge in [0.25, 0.3) is 0 Å². The summed E-state index contributed by atoms with van der Waals surface area (Å²) in [5, 5.41) is 10.3. The lowest BCUT2D eigenvalue weighted by Crippen LogP contribution is -2.07. The minimum atomic E-state index is 0.371. The van der Waals surface area contributed by atoms with Crippen molar-refractivity contribution in [2.75, 3.05) is 0 Å². The Morgan fingerprint density at radius 2 is 0.922 bits per heavy atom. The molecule has 9 aromatic rings. The summed E-state index contributed by atoms with van der Waals surface area (Å²) >= 11 is 0. The van der Waals surface area contributed by atoms with Gasteiger partial charge in [-0.3, -0.25) is 0 Å². The molecular weight excluding hydrogens is 613 g/mol. The molecule has 242 valence electrons. The molecule has 1 aliphatic rings. The van der Waals surface area contributed by atoms with Crippen LogP contribution in [-0.4, -0.2) is 0 Å². The van der Waals surface area contributed by atoms with Gasteiger partial charge in [0.05, 0.1) is 0 Å². The van der Waals surface area contributed by atoms with Crippen LogP contribution in [0.1, 0.15) is 37.3 Å². The Bertz CT molecular complexity index is 2810. The van der Waals surface area contributed by atoms with Gasteiger partial charge >= 0.3 is 0 Å². The Balaban J connectivity index is 1.35. The van der Waals surface area contributed by atoms with E-state index in [2.05, 4.69) is 184 Å². The average Bonchev–Trinajstić information content (AvgIpc) is 3.51. The van der Waals surface area contributed by atoms with E-state index in [4.69, 9.17) is 0 Å². The zero-order valence-electron chi connectivity index (χ0n) is 29.0. The van der Waals surface area contributed by atoms with E-state index in [9.17, 15) is 0 Å². The standard InChI is InChI=1S/C51H38/c1-3-32(2)49-42-24-9-8-23-40(42)45-30-47-48(31-46(45)49)51(41-28-14-18-34-16-5-7-22-38(34)41)44-26-11-10-25-43(44)50(47)36-20-12-19-35(29-36)39-27-13-17-33-15-4-6-21-37(33)39/h4-32,49H,3H2,1-2H3. The second-order valence-corrected chi connectivity index (χ2v) is 14.4. The lowest BCUT2D eigenvalue weighted by atomic mass is 9.80. The quantitative estimate of drug-likeness (QED) is 0.163. The lowest BCUT2D eigenvalue weighted by molar-refractivity contribution is 0.503. The summed E-state index contributed by atoms with van der Waals surface area (Å²) in [5.74, 6) is 0.902. The lowest BCUT2D eigenvalue weighted by Gasteiger charge is -2.23. The third-order valence-corrected chi connectivity index (χ3v) is 11.6. The van der Waals surface area contributed by atoms with Crippen molar-refractivity contribution in [3.8, 4) is 44.5 Å². The van der Waals surface area contributed by atoms with E-state index in [1.165, 1.54) is 98.7 Å². The Morgan fingerprint density at radius 1 is 0.392 bits per heavy atom. The fourth-order valence-corrected chi connectivity index (χ4v) is 9.12. The number of fused-ring (bicyclic) bond motifs is 7. The normalized spacial score (nSPS) is 14.3. The van der Waals surface area contributed by atoms with E-state index in [1.54, 1.807) is 0 Å². The van der Waals surface area contributed by atoms with Crippen LogP contribution in [0.4, 0.5) is 0 Å². The predicted octanol–water partition coefficient (Wildman–Crippen LogP) is 14.5. The van der Waals surface area contributed by atoms with Gasteiger partial charge in [0.15, 0.2) is 0 Å². The highest BCUT2D eigenvalue weighted by Crippen LogP contribution is 2.54. The van der Waals surface area contributed by atoms with E-state index in [1.807, 2.05) is 0 Å². The van der Waals surface area contributed by atoms with Gasteiger partial charge in [-0.15, -0.1) is 0 Å². The second kappa shape index (κ2) is 11.8. The molecule has 0 spiro atoms. The number of benzene rings is 9. The first-order valence-corrected chi connectivity index (χ1v) is 18.4. The first-order valence-electron chi connectivity index (χ1n) is 18.4. The van der Waals surface area contributed by atoms with Crippen molar-refractivity contribution in [1.29, 1.82) is 0 Å². The molecule has 10 rings (SSSR count). The van der Waals surface area contributed by atoms with E-state index in [-0.39, 0.29) is 0 Å². The largest absolute Gasteiger partial charge is 0.0651 e. The summed E-state index contributed by atoms with van der Waals surface area (Å²) in [5.41, 5.74) is 13.4. The minimum absolute atomic E-state index is 0.371. The van der Waals surface area contributed by atoms with Crippen molar-refractivity contribution in [3.63, 3.8) is 0 Å². The van der Waals surface area contributed by atoms with Gasteiger partial charge < -0.3 is 0 Å². The summed E-state index contributed by atoms with van der Waals surface area (Å²) in [4.78, 5) is 0. The highest BCUT2D eigenvalue weighted by Gasteiger charge is 2.33. The molecule has 51 heavy (non-hydrogen) atoms. The van der Waals surface area contributed by atoms with Crippen LogP contribution >= 0.6 is 0 Å². The third-order valence-electron chi connectivity index (χ3n) is 11.6. The third kappa shape index (κ3) is 4.60. The Morgan fingerprint density at radius 3 is 1.67 bits per heavy atom. The number of hydrogen-bond donors (Lipinski definition) is 0. The van der Waals surface area contributed by atoms with Crippen molar-refractivity contribution in [3.05, 3.63) is 181 Å². The molecule has 2 atom stereocenters. The van der Waals surface area contributed by atoms with Gasteiger partial charge in [-0.2, -0.15) is 0 Å². The summed E-state index contributed by atoms with van der Waals surface area (Å²) in [7, 11) is 0. The van der Waals surface area contributed by atoms with E-state index in [0.717, 1.165) is 6.42 Å². The average molecular weight is 651 g/mol. The van der Waals surface area contributed by atoms with Crippen molar-refractivity contribution in [1.82, 2.24) is 0 Å². The van der Waals surface area contributed by atoms with Crippen LogP contribution in [0.2, 0.25) is 0 Å². The summed E-state index contributed by atoms with van der Waals surface area (Å²) in [6.07, 6.45) is 1.14. The SMILES string of the molecule is CCC(C)C1c2ccccc2-c2cc3c(-c4cccc(-c5cccc6ccccc56)c4)c4ccccc4c(-c4cccc5ccccc45)c3cc21. The molecule has 1 aliphatic carbocycles. The van der Waals surface area contributed by atoms with Crippen LogP contribution in [0.5, 0.6) is 0 Å². The van der Waals surface area contributed by atoms with Crippen LogP contribution in [0.3, 0.4) is 0 Å². The van der Waals surface area contributed by atoms with Crippen molar-refractivity contribution in [2.24, 2.45) is 5.92 Å². The fraction of sp³-hybridized carbons (Fsp3) is 0.0980. The molecule has 2 unspecified atom stereocenters. The molecule has 0 heteroatoms. The van der Waals surface area contributed by atoms with Gasteiger partial charge in [0.2, 0.25) is 0 Å². The van der Waals surface area contributed by atoms with Gasteiger partial charge in [-0.1, -0.05) is 172 Å². The molecule has 0 fully saturated rings. The Kier molecular flexibility index (Phi) is 6.93. The van der Waals surface area contributed by atoms with Crippen molar-refractivity contribution >= 4 is 43.1 Å². The highest BCUT2D eigenvalue weighted by atomic mass is 14.4. The summed E-state index contributed by atoms with van der Waals surface area (Å²) in [6, 6.07) is 63.7. The van der Waals surface area contributed by atoms with Crippen LogP contribution in [-0.2, 0) is 0 Å².